The van der Waals surface area contributed by atoms with Crippen LogP contribution in [-0.4, -0.2) is 31.3 Å². The quantitative estimate of drug-likeness (QED) is 0.878. The summed E-state index contributed by atoms with van der Waals surface area (Å²) < 4.78 is 52.7. The van der Waals surface area contributed by atoms with Crippen LogP contribution in [0.5, 0.6) is 0 Å². The molecule has 0 unspecified atom stereocenters. The van der Waals surface area contributed by atoms with Gasteiger partial charge in [0.15, 0.2) is 9.34 Å². The number of carbonyl (C=O) groups is 1. The van der Waals surface area contributed by atoms with Gasteiger partial charge in [0.05, 0.1) is 6.20 Å². The van der Waals surface area contributed by atoms with Gasteiger partial charge in [-0.15, -0.1) is 0 Å². The molecule has 0 atom stereocenters. The molecule has 0 aliphatic heterocycles. The van der Waals surface area contributed by atoms with Crippen molar-refractivity contribution in [3.05, 3.63) is 6.20 Å². The van der Waals surface area contributed by atoms with Gasteiger partial charge < -0.3 is 5.32 Å². The minimum absolute atomic E-state index is 0.0522. The number of nitrogens with zero attached hydrogens (tertiary/aromatic N) is 1. The Morgan fingerprint density at radius 2 is 2.05 bits per heavy atom. The van der Waals surface area contributed by atoms with E-state index >= 15 is 0 Å². The Labute approximate surface area is 125 Å². The highest BCUT2D eigenvalue weighted by atomic mass is 32.2. The Balaban J connectivity index is 2.02. The summed E-state index contributed by atoms with van der Waals surface area (Å²) in [5, 5.41) is 2.57. The molecule has 0 radical (unpaired) electrons. The van der Waals surface area contributed by atoms with Gasteiger partial charge >= 0.3 is 0 Å². The van der Waals surface area contributed by atoms with E-state index in [9.17, 15) is 22.0 Å². The molecular weight excluding hydrogens is 324 g/mol. The Hall–Kier alpha value is -1.13. The van der Waals surface area contributed by atoms with Crippen LogP contribution in [0.4, 0.5) is 13.9 Å². The zero-order valence-electron chi connectivity index (χ0n) is 11.2. The number of alkyl halides is 2. The van der Waals surface area contributed by atoms with E-state index in [0.717, 1.165) is 17.5 Å². The number of rotatable bonds is 4. The molecule has 21 heavy (non-hydrogen) atoms. The lowest BCUT2D eigenvalue weighted by Crippen LogP contribution is -2.40. The zero-order valence-corrected chi connectivity index (χ0v) is 12.9. The third-order valence-electron chi connectivity index (χ3n) is 3.07. The second-order valence-electron chi connectivity index (χ2n) is 4.92. The molecule has 1 aliphatic carbocycles. The molecule has 0 spiro atoms. The van der Waals surface area contributed by atoms with E-state index in [1.165, 1.54) is 6.92 Å². The molecule has 0 bridgehead atoms. The molecule has 1 aliphatic rings. The average Bonchev–Trinajstić information content (AvgIpc) is 2.80. The van der Waals surface area contributed by atoms with Gasteiger partial charge in [-0.05, 0) is 12.8 Å². The molecule has 1 aromatic heterocycles. The Morgan fingerprint density at radius 1 is 1.43 bits per heavy atom. The Bertz CT molecular complexity index is 620. The van der Waals surface area contributed by atoms with Crippen molar-refractivity contribution in [2.24, 2.45) is 0 Å². The second-order valence-corrected chi connectivity index (χ2v) is 7.89. The van der Waals surface area contributed by atoms with E-state index in [0.29, 0.717) is 0 Å². The fourth-order valence-corrected chi connectivity index (χ4v) is 4.43. The first-order valence-electron chi connectivity index (χ1n) is 6.31. The van der Waals surface area contributed by atoms with Gasteiger partial charge in [-0.1, -0.05) is 11.3 Å². The fraction of sp³-hybridized carbons (Fsp3) is 0.636. The average molecular weight is 339 g/mol. The minimum atomic E-state index is -3.80. The van der Waals surface area contributed by atoms with Gasteiger partial charge in [-0.3, -0.25) is 4.79 Å². The molecule has 6 nitrogen and oxygen atoms in total. The number of aromatic nitrogens is 1. The topological polar surface area (TPSA) is 88.2 Å². The lowest BCUT2D eigenvalue weighted by molar-refractivity contribution is -0.114. The number of halogens is 2. The van der Waals surface area contributed by atoms with Gasteiger partial charge in [0.2, 0.25) is 11.8 Å². The number of hydrogen-bond acceptors (Lipinski definition) is 5. The molecule has 2 rings (SSSR count). The normalized spacial score (nSPS) is 19.4. The number of thiazole rings is 1. The van der Waals surface area contributed by atoms with Gasteiger partial charge in [0.1, 0.15) is 0 Å². The van der Waals surface area contributed by atoms with Crippen molar-refractivity contribution < 1.29 is 22.0 Å². The molecule has 118 valence electrons. The molecule has 1 aromatic rings. The van der Waals surface area contributed by atoms with E-state index in [2.05, 4.69) is 15.0 Å². The molecule has 2 N–H and O–H groups in total. The summed E-state index contributed by atoms with van der Waals surface area (Å²) in [6.07, 6.45) is 0.697. The predicted molar refractivity (Wildman–Crippen MR) is 73.9 cm³/mol. The third kappa shape index (κ3) is 4.42. The first-order valence-corrected chi connectivity index (χ1v) is 8.61. The van der Waals surface area contributed by atoms with Crippen molar-refractivity contribution in [2.75, 3.05) is 5.32 Å². The Kier molecular flexibility index (Phi) is 4.59. The summed E-state index contributed by atoms with van der Waals surface area (Å²) in [7, 11) is -3.80. The van der Waals surface area contributed by atoms with Crippen LogP contribution in [0.25, 0.3) is 0 Å². The molecule has 1 saturated carbocycles. The van der Waals surface area contributed by atoms with Crippen molar-refractivity contribution in [1.82, 2.24) is 9.71 Å². The van der Waals surface area contributed by atoms with Crippen LogP contribution in [0.15, 0.2) is 10.4 Å². The fourth-order valence-electron chi connectivity index (χ4n) is 2.03. The summed E-state index contributed by atoms with van der Waals surface area (Å²) in [6.45, 7) is 1.29. The van der Waals surface area contributed by atoms with Gasteiger partial charge in [-0.25, -0.2) is 26.9 Å². The smallest absolute Gasteiger partial charge is 0.251 e. The number of anilines is 1. The lowest BCUT2D eigenvalue weighted by Gasteiger charge is -2.28. The minimum Gasteiger partial charge on any atom is -0.302 e. The molecule has 0 saturated heterocycles. The summed E-state index contributed by atoms with van der Waals surface area (Å²) >= 11 is 0.815. The van der Waals surface area contributed by atoms with Crippen LogP contribution in [-0.2, 0) is 14.8 Å². The summed E-state index contributed by atoms with van der Waals surface area (Å²) in [6, 6.07) is -0.499. The maximum absolute atomic E-state index is 13.0. The summed E-state index contributed by atoms with van der Waals surface area (Å²) in [5.41, 5.74) is 0. The summed E-state index contributed by atoms with van der Waals surface area (Å²) in [4.78, 5) is 14.7. The van der Waals surface area contributed by atoms with Crippen LogP contribution in [0.2, 0.25) is 0 Å². The van der Waals surface area contributed by atoms with Crippen LogP contribution < -0.4 is 10.0 Å². The van der Waals surface area contributed by atoms with Crippen molar-refractivity contribution in [3.63, 3.8) is 0 Å². The van der Waals surface area contributed by atoms with E-state index < -0.39 is 22.0 Å². The van der Waals surface area contributed by atoms with Crippen molar-refractivity contribution in [3.8, 4) is 0 Å². The molecular formula is C11H15F2N3O3S2. The zero-order chi connectivity index (χ0) is 15.7. The maximum atomic E-state index is 13.0. The van der Waals surface area contributed by atoms with E-state index in [-0.39, 0.29) is 40.9 Å². The standard InChI is InChI=1S/C11H15F2N3O3S2/c1-7(17)15-10-14-6-9(20-10)21(18,19)16-8-2-4-11(12,13)5-3-8/h6,8,16H,2-5H2,1H3,(H,14,15,17). The van der Waals surface area contributed by atoms with Crippen molar-refractivity contribution in [2.45, 2.75) is 48.8 Å². The molecule has 1 fully saturated rings. The van der Waals surface area contributed by atoms with Crippen LogP contribution >= 0.6 is 11.3 Å². The number of sulfonamides is 1. The number of hydrogen-bond donors (Lipinski definition) is 2. The highest BCUT2D eigenvalue weighted by molar-refractivity contribution is 7.91. The van der Waals surface area contributed by atoms with E-state index in [4.69, 9.17) is 0 Å². The number of amides is 1. The SMILES string of the molecule is CC(=O)Nc1ncc(S(=O)(=O)NC2CCC(F)(F)CC2)s1. The molecule has 0 aromatic carbocycles. The lowest BCUT2D eigenvalue weighted by atomic mass is 9.93. The molecule has 1 heterocycles. The van der Waals surface area contributed by atoms with E-state index in [1.807, 2.05) is 0 Å². The van der Waals surface area contributed by atoms with Crippen molar-refractivity contribution >= 4 is 32.4 Å². The summed E-state index contributed by atoms with van der Waals surface area (Å²) in [5.74, 6) is -3.05. The number of nitrogens with one attached hydrogen (secondary N) is 2. The second kappa shape index (κ2) is 5.93. The molecule has 1 amide bonds. The largest absolute Gasteiger partial charge is 0.302 e. The third-order valence-corrected chi connectivity index (χ3v) is 5.97. The van der Waals surface area contributed by atoms with Crippen LogP contribution in [0.1, 0.15) is 32.6 Å². The molecule has 10 heteroatoms. The monoisotopic (exact) mass is 339 g/mol. The first kappa shape index (κ1) is 16.2. The van der Waals surface area contributed by atoms with Gasteiger partial charge in [0.25, 0.3) is 10.0 Å². The van der Waals surface area contributed by atoms with Gasteiger partial charge in [-0.2, -0.15) is 0 Å². The first-order chi connectivity index (χ1) is 9.68. The highest BCUT2D eigenvalue weighted by Gasteiger charge is 2.36. The van der Waals surface area contributed by atoms with Gasteiger partial charge in [0, 0.05) is 25.8 Å². The maximum Gasteiger partial charge on any atom is 0.251 e. The van der Waals surface area contributed by atoms with Crippen molar-refractivity contribution in [1.29, 1.82) is 0 Å². The van der Waals surface area contributed by atoms with Crippen LogP contribution in [0.3, 0.4) is 0 Å². The number of carbonyl (C=O) groups excluding carboxylic acids is 1. The van der Waals surface area contributed by atoms with E-state index in [1.54, 1.807) is 0 Å². The highest BCUT2D eigenvalue weighted by Crippen LogP contribution is 2.34. The Morgan fingerprint density at radius 3 is 2.62 bits per heavy atom. The predicted octanol–water partition coefficient (Wildman–Crippen LogP) is 1.96. The van der Waals surface area contributed by atoms with Crippen LogP contribution in [0, 0.1) is 0 Å².